The number of esters is 1. The predicted molar refractivity (Wildman–Crippen MR) is 108 cm³/mol. The van der Waals surface area contributed by atoms with Crippen LogP contribution in [0.1, 0.15) is 35.7 Å². The van der Waals surface area contributed by atoms with Crippen LogP contribution in [0.15, 0.2) is 84.9 Å². The molecule has 1 saturated heterocycles. The van der Waals surface area contributed by atoms with Crippen LogP contribution in [0.5, 0.6) is 5.75 Å². The van der Waals surface area contributed by atoms with Gasteiger partial charge in [0.25, 0.3) is 0 Å². The largest absolute Gasteiger partial charge is 0.508 e. The summed E-state index contributed by atoms with van der Waals surface area (Å²) in [4.78, 5) is 14.9. The fourth-order valence-corrected chi connectivity index (χ4v) is 3.88. The van der Waals surface area contributed by atoms with E-state index in [0.717, 1.165) is 16.7 Å². The first-order valence-electron chi connectivity index (χ1n) is 9.53. The summed E-state index contributed by atoms with van der Waals surface area (Å²) >= 11 is 0. The molecule has 4 rings (SSSR count). The molecule has 0 aliphatic carbocycles. The summed E-state index contributed by atoms with van der Waals surface area (Å²) in [7, 11) is 0. The Bertz CT molecular complexity index is 892. The monoisotopic (exact) mass is 600 g/mol. The molecule has 1 radical (unpaired) electrons. The van der Waals surface area contributed by atoms with Gasteiger partial charge in [-0.1, -0.05) is 72.8 Å². The maximum Gasteiger partial charge on any atom is 0.325 e. The molecule has 3 aromatic carbocycles. The maximum absolute atomic E-state index is 12.7. The van der Waals surface area contributed by atoms with E-state index in [1.807, 2.05) is 55.5 Å². The van der Waals surface area contributed by atoms with E-state index in [9.17, 15) is 9.90 Å². The van der Waals surface area contributed by atoms with E-state index < -0.39 is 0 Å². The summed E-state index contributed by atoms with van der Waals surface area (Å²) in [6.07, 6.45) is 0. The fraction of sp³-hybridized carbons (Fsp3) is 0.208. The van der Waals surface area contributed by atoms with Crippen molar-refractivity contribution in [2.75, 3.05) is 6.61 Å². The number of aromatic hydroxyl groups is 1. The van der Waals surface area contributed by atoms with Crippen molar-refractivity contribution in [1.82, 2.24) is 4.90 Å². The number of carbonyl (C=O) groups is 1. The Hall–Kier alpha value is -1.67. The van der Waals surface area contributed by atoms with E-state index in [1.165, 1.54) is 0 Å². The molecule has 0 amide bonds. The van der Waals surface area contributed by atoms with Gasteiger partial charge in [0.1, 0.15) is 11.8 Å². The van der Waals surface area contributed by atoms with Crippen LogP contribution in [-0.4, -0.2) is 28.6 Å². The van der Waals surface area contributed by atoms with Gasteiger partial charge in [-0.15, -0.1) is 0 Å². The van der Waals surface area contributed by atoms with Gasteiger partial charge in [0.15, 0.2) is 0 Å². The zero-order valence-corrected chi connectivity index (χ0v) is 21.1. The average molecular weight is 600 g/mol. The van der Waals surface area contributed by atoms with E-state index >= 15 is 0 Å². The standard InChI is InChI=1S/C24H23NO3.Ac/c1-2-28-24(27)23-22(19-13-15-20(26)16-14-19)25(23)21(17-9-5-3-6-10-17)18-11-7-4-8-12-18;/h3-16,21-23,26H,2H2,1H3;/t22-,23-,25?;/m1./s1. The summed E-state index contributed by atoms with van der Waals surface area (Å²) in [5.41, 5.74) is 3.25. The molecule has 0 aromatic heterocycles. The number of rotatable bonds is 6. The third kappa shape index (κ3) is 4.74. The third-order valence-corrected chi connectivity index (χ3v) is 5.14. The topological polar surface area (TPSA) is 49.5 Å². The van der Waals surface area contributed by atoms with Gasteiger partial charge < -0.3 is 9.84 Å². The van der Waals surface area contributed by atoms with E-state index in [-0.39, 0.29) is 73.9 Å². The molecular weight excluding hydrogens is 577 g/mol. The Morgan fingerprint density at radius 2 is 1.45 bits per heavy atom. The molecule has 1 fully saturated rings. The molecule has 1 unspecified atom stereocenters. The van der Waals surface area contributed by atoms with Crippen LogP contribution in [0, 0.1) is 44.1 Å². The van der Waals surface area contributed by atoms with Crippen LogP contribution in [-0.2, 0) is 9.53 Å². The number of carbonyl (C=O) groups excluding carboxylic acids is 1. The zero-order valence-electron chi connectivity index (χ0n) is 16.3. The Morgan fingerprint density at radius 3 is 1.93 bits per heavy atom. The number of ether oxygens (including phenoxy) is 1. The Labute approximate surface area is 207 Å². The number of hydrogen-bond acceptors (Lipinski definition) is 4. The van der Waals surface area contributed by atoms with Crippen molar-refractivity contribution in [3.05, 3.63) is 102 Å². The smallest absolute Gasteiger partial charge is 0.325 e. The van der Waals surface area contributed by atoms with Gasteiger partial charge in [-0.3, -0.25) is 9.69 Å². The zero-order chi connectivity index (χ0) is 19.5. The van der Waals surface area contributed by atoms with Crippen molar-refractivity contribution in [3.8, 4) is 5.75 Å². The number of phenols is 1. The van der Waals surface area contributed by atoms with Crippen LogP contribution in [0.3, 0.4) is 0 Å². The number of nitrogens with zero attached hydrogens (tertiary/aromatic N) is 1. The summed E-state index contributed by atoms with van der Waals surface area (Å²) in [5.74, 6) is 0.00346. The van der Waals surface area contributed by atoms with Crippen molar-refractivity contribution in [2.45, 2.75) is 25.0 Å². The second kappa shape index (κ2) is 9.89. The van der Waals surface area contributed by atoms with Crippen molar-refractivity contribution in [1.29, 1.82) is 0 Å². The van der Waals surface area contributed by atoms with E-state index in [4.69, 9.17) is 4.74 Å². The van der Waals surface area contributed by atoms with Crippen molar-refractivity contribution < 1.29 is 58.7 Å². The van der Waals surface area contributed by atoms with E-state index in [1.54, 1.807) is 12.1 Å². The molecule has 1 aliphatic heterocycles. The Morgan fingerprint density at radius 1 is 0.931 bits per heavy atom. The van der Waals surface area contributed by atoms with Gasteiger partial charge in [-0.25, -0.2) is 0 Å². The molecule has 0 saturated carbocycles. The quantitative estimate of drug-likeness (QED) is 0.335. The van der Waals surface area contributed by atoms with Crippen LogP contribution in [0.4, 0.5) is 0 Å². The summed E-state index contributed by atoms with van der Waals surface area (Å²) in [6.45, 7) is 2.18. The molecule has 29 heavy (non-hydrogen) atoms. The van der Waals surface area contributed by atoms with E-state index in [2.05, 4.69) is 29.2 Å². The van der Waals surface area contributed by atoms with Gasteiger partial charge in [-0.2, -0.15) is 0 Å². The van der Waals surface area contributed by atoms with E-state index in [0.29, 0.717) is 6.61 Å². The molecule has 4 nitrogen and oxygen atoms in total. The average Bonchev–Trinajstić information content (AvgIpc) is 3.46. The molecule has 0 bridgehead atoms. The molecular formula is C24H23AcNO3. The summed E-state index contributed by atoms with van der Waals surface area (Å²) in [5, 5.41) is 9.64. The number of benzene rings is 3. The van der Waals surface area contributed by atoms with Crippen molar-refractivity contribution in [2.24, 2.45) is 0 Å². The van der Waals surface area contributed by atoms with Gasteiger partial charge in [0.05, 0.1) is 18.7 Å². The van der Waals surface area contributed by atoms with Crippen LogP contribution < -0.4 is 0 Å². The minimum Gasteiger partial charge on any atom is -0.508 e. The van der Waals surface area contributed by atoms with Gasteiger partial charge >= 0.3 is 5.97 Å². The van der Waals surface area contributed by atoms with Crippen molar-refractivity contribution >= 4 is 5.97 Å². The van der Waals surface area contributed by atoms with Crippen LogP contribution in [0.2, 0.25) is 0 Å². The molecule has 145 valence electrons. The molecule has 1 aliphatic rings. The first-order chi connectivity index (χ1) is 13.7. The second-order valence-electron chi connectivity index (χ2n) is 6.90. The number of phenolic OH excluding ortho intramolecular Hbond substituents is 1. The van der Waals surface area contributed by atoms with Crippen molar-refractivity contribution in [3.63, 3.8) is 0 Å². The Balaban J connectivity index is 0.00000240. The maximum atomic E-state index is 12.7. The second-order valence-corrected chi connectivity index (χ2v) is 6.90. The van der Waals surface area contributed by atoms with Gasteiger partial charge in [0, 0.05) is 44.1 Å². The normalized spacial score (nSPS) is 20.0. The minimum atomic E-state index is -0.352. The van der Waals surface area contributed by atoms with Gasteiger partial charge in [-0.05, 0) is 35.7 Å². The molecule has 1 N–H and O–H groups in total. The summed E-state index contributed by atoms with van der Waals surface area (Å²) in [6, 6.07) is 27.0. The number of hydrogen-bond donors (Lipinski definition) is 1. The first-order valence-corrected chi connectivity index (χ1v) is 9.53. The first kappa shape index (κ1) is 22.0. The van der Waals surface area contributed by atoms with Gasteiger partial charge in [0.2, 0.25) is 0 Å². The fourth-order valence-electron chi connectivity index (χ4n) is 3.88. The summed E-state index contributed by atoms with van der Waals surface area (Å²) < 4.78 is 5.36. The molecule has 3 aromatic rings. The predicted octanol–water partition coefficient (Wildman–Crippen LogP) is 4.47. The minimum absolute atomic E-state index is 0. The third-order valence-electron chi connectivity index (χ3n) is 5.14. The molecule has 1 heterocycles. The molecule has 3 atom stereocenters. The molecule has 0 spiro atoms. The Kier molecular flexibility index (Phi) is 7.51. The van der Waals surface area contributed by atoms with Crippen LogP contribution >= 0.6 is 0 Å². The molecule has 5 heteroatoms. The van der Waals surface area contributed by atoms with Crippen LogP contribution in [0.25, 0.3) is 0 Å². The SMILES string of the molecule is CCOC(=O)[C@H]1[C@@H](c2ccc(O)cc2)N1C(c1ccccc1)c1ccccc1.[Ac].